The molecule has 0 saturated carbocycles. The second kappa shape index (κ2) is 6.55. The summed E-state index contributed by atoms with van der Waals surface area (Å²) in [4.78, 5) is 11.6. The number of hydrogen-bond acceptors (Lipinski definition) is 3. The fourth-order valence-corrected chi connectivity index (χ4v) is 2.32. The first kappa shape index (κ1) is 13.1. The molecule has 1 rings (SSSR count). The summed E-state index contributed by atoms with van der Waals surface area (Å²) in [6.45, 7) is 2.81. The third-order valence-corrected chi connectivity index (χ3v) is 3.10. The third-order valence-electron chi connectivity index (χ3n) is 2.02. The highest BCUT2D eigenvalue weighted by Gasteiger charge is 2.04. The van der Waals surface area contributed by atoms with Crippen LogP contribution in [-0.2, 0) is 16.0 Å². The largest absolute Gasteiger partial charge is 0.481 e. The summed E-state index contributed by atoms with van der Waals surface area (Å²) in [5, 5.41) is 9.03. The fraction of sp³-hybridized carbons (Fsp3) is 0.417. The number of rotatable bonds is 6. The first-order valence-corrected chi connectivity index (χ1v) is 5.96. The minimum atomic E-state index is -0.798. The molecule has 0 bridgehead atoms. The highest BCUT2D eigenvalue weighted by atomic mass is 32.2. The zero-order valence-corrected chi connectivity index (χ0v) is 10.3. The van der Waals surface area contributed by atoms with Gasteiger partial charge in [-0.2, -0.15) is 0 Å². The van der Waals surface area contributed by atoms with Crippen LogP contribution in [0.25, 0.3) is 0 Å². The van der Waals surface area contributed by atoms with Gasteiger partial charge in [0.05, 0.1) is 13.0 Å². The number of benzene rings is 1. The first-order valence-electron chi connectivity index (χ1n) is 5.08. The van der Waals surface area contributed by atoms with Crippen molar-refractivity contribution in [2.24, 2.45) is 0 Å². The van der Waals surface area contributed by atoms with Gasteiger partial charge in [-0.3, -0.25) is 4.79 Å². The Morgan fingerprint density at radius 3 is 2.56 bits per heavy atom. The van der Waals surface area contributed by atoms with E-state index in [0.717, 1.165) is 10.5 Å². The molecule has 0 spiro atoms. The lowest BCUT2D eigenvalue weighted by Crippen LogP contribution is -2.04. The summed E-state index contributed by atoms with van der Waals surface area (Å²) in [6.07, 6.45) is 0.0819. The van der Waals surface area contributed by atoms with Crippen molar-refractivity contribution in [2.75, 3.05) is 13.7 Å². The SMILES string of the molecule is COC[C@@H](C)Sc1ccc(CC(=O)O)cc1. The number of aliphatic carboxylic acids is 1. The molecular formula is C12H16O3S. The first-order chi connectivity index (χ1) is 7.61. The second-order valence-corrected chi connectivity index (χ2v) is 5.11. The zero-order valence-electron chi connectivity index (χ0n) is 9.47. The molecule has 0 amide bonds. The molecule has 4 heteroatoms. The number of carboxylic acid groups (broad SMARTS) is 1. The number of methoxy groups -OCH3 is 1. The Morgan fingerprint density at radius 1 is 1.44 bits per heavy atom. The van der Waals surface area contributed by atoms with Gasteiger partial charge in [-0.15, -0.1) is 11.8 Å². The average Bonchev–Trinajstić information content (AvgIpc) is 2.20. The Morgan fingerprint density at radius 2 is 2.06 bits per heavy atom. The normalized spacial score (nSPS) is 12.4. The van der Waals surface area contributed by atoms with Crippen LogP contribution < -0.4 is 0 Å². The van der Waals surface area contributed by atoms with Gasteiger partial charge < -0.3 is 9.84 Å². The summed E-state index contributed by atoms with van der Waals surface area (Å²) in [5.74, 6) is -0.798. The molecule has 16 heavy (non-hydrogen) atoms. The number of ether oxygens (including phenoxy) is 1. The van der Waals surface area contributed by atoms with Crippen molar-refractivity contribution >= 4 is 17.7 Å². The van der Waals surface area contributed by atoms with Crippen LogP contribution in [0.3, 0.4) is 0 Å². The Hall–Kier alpha value is -1.00. The standard InChI is InChI=1S/C12H16O3S/c1-9(8-15-2)16-11-5-3-10(4-6-11)7-12(13)14/h3-6,9H,7-8H2,1-2H3,(H,13,14)/t9-/m1/s1. The second-order valence-electron chi connectivity index (χ2n) is 3.60. The van der Waals surface area contributed by atoms with Crippen molar-refractivity contribution in [3.8, 4) is 0 Å². The quantitative estimate of drug-likeness (QED) is 0.776. The van der Waals surface area contributed by atoms with E-state index in [0.29, 0.717) is 11.9 Å². The van der Waals surface area contributed by atoms with E-state index in [9.17, 15) is 4.79 Å². The summed E-state index contributed by atoms with van der Waals surface area (Å²) < 4.78 is 5.05. The van der Waals surface area contributed by atoms with E-state index < -0.39 is 5.97 Å². The Kier molecular flexibility index (Phi) is 5.35. The maximum absolute atomic E-state index is 10.5. The maximum atomic E-state index is 10.5. The molecular weight excluding hydrogens is 224 g/mol. The number of thioether (sulfide) groups is 1. The van der Waals surface area contributed by atoms with E-state index in [1.165, 1.54) is 0 Å². The fourth-order valence-electron chi connectivity index (χ4n) is 1.36. The molecule has 0 saturated heterocycles. The molecule has 0 aromatic heterocycles. The maximum Gasteiger partial charge on any atom is 0.307 e. The highest BCUT2D eigenvalue weighted by Crippen LogP contribution is 2.23. The molecule has 0 radical (unpaired) electrons. The van der Waals surface area contributed by atoms with Gasteiger partial charge in [0.1, 0.15) is 0 Å². The van der Waals surface area contributed by atoms with E-state index in [4.69, 9.17) is 9.84 Å². The lowest BCUT2D eigenvalue weighted by atomic mass is 10.2. The molecule has 3 nitrogen and oxygen atoms in total. The zero-order chi connectivity index (χ0) is 12.0. The molecule has 88 valence electrons. The van der Waals surface area contributed by atoms with Gasteiger partial charge in [-0.05, 0) is 17.7 Å². The van der Waals surface area contributed by atoms with Crippen molar-refractivity contribution in [1.82, 2.24) is 0 Å². The minimum absolute atomic E-state index is 0.0819. The average molecular weight is 240 g/mol. The van der Waals surface area contributed by atoms with Gasteiger partial charge in [-0.1, -0.05) is 19.1 Å². The topological polar surface area (TPSA) is 46.5 Å². The minimum Gasteiger partial charge on any atom is -0.481 e. The van der Waals surface area contributed by atoms with Crippen molar-refractivity contribution in [3.63, 3.8) is 0 Å². The van der Waals surface area contributed by atoms with Crippen LogP contribution in [0.2, 0.25) is 0 Å². The van der Waals surface area contributed by atoms with Crippen LogP contribution in [-0.4, -0.2) is 30.0 Å². The van der Waals surface area contributed by atoms with Crippen LogP contribution >= 0.6 is 11.8 Å². The van der Waals surface area contributed by atoms with Gasteiger partial charge in [0.25, 0.3) is 0 Å². The van der Waals surface area contributed by atoms with E-state index in [1.807, 2.05) is 24.3 Å². The molecule has 1 aromatic carbocycles. The molecule has 0 fully saturated rings. The van der Waals surface area contributed by atoms with Crippen LogP contribution in [0.15, 0.2) is 29.2 Å². The Balaban J connectivity index is 2.54. The predicted octanol–water partition coefficient (Wildman–Crippen LogP) is 2.44. The van der Waals surface area contributed by atoms with E-state index in [1.54, 1.807) is 18.9 Å². The molecule has 1 N–H and O–H groups in total. The lowest BCUT2D eigenvalue weighted by molar-refractivity contribution is -0.136. The van der Waals surface area contributed by atoms with Gasteiger partial charge in [0.2, 0.25) is 0 Å². The van der Waals surface area contributed by atoms with Gasteiger partial charge in [0.15, 0.2) is 0 Å². The summed E-state index contributed by atoms with van der Waals surface area (Å²) in [5.41, 5.74) is 0.830. The van der Waals surface area contributed by atoms with Crippen LogP contribution in [0.4, 0.5) is 0 Å². The molecule has 1 atom stereocenters. The van der Waals surface area contributed by atoms with E-state index >= 15 is 0 Å². The molecule has 1 aromatic rings. The van der Waals surface area contributed by atoms with Crippen LogP contribution in [0, 0.1) is 0 Å². The van der Waals surface area contributed by atoms with Crippen molar-refractivity contribution < 1.29 is 14.6 Å². The van der Waals surface area contributed by atoms with Crippen LogP contribution in [0.1, 0.15) is 12.5 Å². The molecule has 0 aliphatic heterocycles. The predicted molar refractivity (Wildman–Crippen MR) is 65.0 cm³/mol. The molecule has 0 unspecified atom stereocenters. The highest BCUT2D eigenvalue weighted by molar-refractivity contribution is 8.00. The van der Waals surface area contributed by atoms with Crippen molar-refractivity contribution in [2.45, 2.75) is 23.5 Å². The van der Waals surface area contributed by atoms with E-state index in [-0.39, 0.29) is 6.42 Å². The van der Waals surface area contributed by atoms with Crippen LogP contribution in [0.5, 0.6) is 0 Å². The van der Waals surface area contributed by atoms with E-state index in [2.05, 4.69) is 6.92 Å². The van der Waals surface area contributed by atoms with Crippen molar-refractivity contribution in [3.05, 3.63) is 29.8 Å². The Labute approximate surface area is 99.8 Å². The Bertz CT molecular complexity index is 335. The van der Waals surface area contributed by atoms with Gasteiger partial charge in [-0.25, -0.2) is 0 Å². The monoisotopic (exact) mass is 240 g/mol. The van der Waals surface area contributed by atoms with Gasteiger partial charge in [0, 0.05) is 17.3 Å². The number of hydrogen-bond donors (Lipinski definition) is 1. The number of carbonyl (C=O) groups is 1. The molecule has 0 heterocycles. The lowest BCUT2D eigenvalue weighted by Gasteiger charge is -2.09. The summed E-state index contributed by atoms with van der Waals surface area (Å²) >= 11 is 1.72. The molecule has 0 aliphatic rings. The van der Waals surface area contributed by atoms with Crippen molar-refractivity contribution in [1.29, 1.82) is 0 Å². The number of carboxylic acids is 1. The third kappa shape index (κ3) is 4.68. The smallest absolute Gasteiger partial charge is 0.307 e. The molecule has 0 aliphatic carbocycles. The summed E-state index contributed by atoms with van der Waals surface area (Å²) in [6, 6.07) is 7.62. The van der Waals surface area contributed by atoms with Gasteiger partial charge >= 0.3 is 5.97 Å². The summed E-state index contributed by atoms with van der Waals surface area (Å²) in [7, 11) is 1.69.